The van der Waals surface area contributed by atoms with Crippen molar-refractivity contribution in [2.24, 2.45) is 4.99 Å². The lowest BCUT2D eigenvalue weighted by atomic mass is 10.0. The molecule has 2 heterocycles. The molecule has 0 aliphatic carbocycles. The number of halogens is 1. The molecule has 0 aromatic rings. The minimum Gasteiger partial charge on any atom is -0.356 e. The Balaban J connectivity index is 0.00000312. The summed E-state index contributed by atoms with van der Waals surface area (Å²) >= 11 is 0. The fraction of sp³-hybridized carbons (Fsp3) is 0.889. The molecule has 0 saturated carbocycles. The van der Waals surface area contributed by atoms with Crippen molar-refractivity contribution >= 4 is 35.8 Å². The first-order valence-electron chi connectivity index (χ1n) is 9.63. The Kier molecular flexibility index (Phi) is 10.7. The molecular formula is C18H36IN5O. The number of rotatable bonds is 6. The van der Waals surface area contributed by atoms with Crippen LogP contribution >= 0.6 is 24.0 Å². The average Bonchev–Trinajstić information content (AvgIpc) is 3.05. The molecular weight excluding hydrogens is 429 g/mol. The standard InChI is InChI=1S/C18H35N5O.HI/c1-4-22-12-7-9-16(22)14-21-18(19-3)20-11-10-17(24)23-13-6-5-8-15(23)2;/h15-16H,4-14H2,1-3H3,(H2,19,20,21);1H. The van der Waals surface area contributed by atoms with Crippen molar-refractivity contribution in [2.75, 3.05) is 39.8 Å². The summed E-state index contributed by atoms with van der Waals surface area (Å²) in [6.45, 7) is 9.18. The van der Waals surface area contributed by atoms with Gasteiger partial charge >= 0.3 is 0 Å². The van der Waals surface area contributed by atoms with E-state index in [1.54, 1.807) is 7.05 Å². The highest BCUT2D eigenvalue weighted by Gasteiger charge is 2.24. The highest BCUT2D eigenvalue weighted by Crippen LogP contribution is 2.17. The fourth-order valence-electron chi connectivity index (χ4n) is 3.88. The van der Waals surface area contributed by atoms with Crippen molar-refractivity contribution in [3.05, 3.63) is 0 Å². The number of hydrogen-bond acceptors (Lipinski definition) is 3. The highest BCUT2D eigenvalue weighted by molar-refractivity contribution is 14.0. The number of nitrogens with one attached hydrogen (secondary N) is 2. The van der Waals surface area contributed by atoms with Crippen molar-refractivity contribution in [1.29, 1.82) is 0 Å². The van der Waals surface area contributed by atoms with Gasteiger partial charge in [0.2, 0.25) is 5.91 Å². The van der Waals surface area contributed by atoms with Gasteiger partial charge in [-0.2, -0.15) is 0 Å². The normalized spacial score (nSPS) is 24.8. The molecule has 0 bridgehead atoms. The maximum atomic E-state index is 12.3. The Labute approximate surface area is 170 Å². The van der Waals surface area contributed by atoms with Gasteiger partial charge in [0.1, 0.15) is 0 Å². The maximum Gasteiger partial charge on any atom is 0.224 e. The van der Waals surface area contributed by atoms with E-state index < -0.39 is 0 Å². The number of likely N-dealkylation sites (N-methyl/N-ethyl adjacent to an activating group) is 1. The number of carbonyl (C=O) groups excluding carboxylic acids is 1. The Morgan fingerprint density at radius 1 is 1.16 bits per heavy atom. The Morgan fingerprint density at radius 2 is 1.96 bits per heavy atom. The molecule has 0 aromatic carbocycles. The average molecular weight is 465 g/mol. The summed E-state index contributed by atoms with van der Waals surface area (Å²) in [5, 5.41) is 6.69. The quantitative estimate of drug-likeness (QED) is 0.358. The van der Waals surface area contributed by atoms with Crippen molar-refractivity contribution in [3.8, 4) is 0 Å². The van der Waals surface area contributed by atoms with Crippen LogP contribution in [0.4, 0.5) is 0 Å². The van der Waals surface area contributed by atoms with Crippen molar-refractivity contribution in [2.45, 2.75) is 64.5 Å². The number of likely N-dealkylation sites (tertiary alicyclic amines) is 2. The third kappa shape index (κ3) is 6.92. The molecule has 1 amide bonds. The maximum absolute atomic E-state index is 12.3. The molecule has 2 fully saturated rings. The number of hydrogen-bond donors (Lipinski definition) is 2. The van der Waals surface area contributed by atoms with Crippen LogP contribution in [-0.4, -0.2) is 73.5 Å². The van der Waals surface area contributed by atoms with Gasteiger partial charge in [0, 0.05) is 45.2 Å². The molecule has 2 aliphatic heterocycles. The molecule has 2 N–H and O–H groups in total. The summed E-state index contributed by atoms with van der Waals surface area (Å²) < 4.78 is 0. The predicted molar refractivity (Wildman–Crippen MR) is 115 cm³/mol. The SMILES string of the molecule is CCN1CCCC1CNC(=NC)NCCC(=O)N1CCCCC1C.I. The zero-order chi connectivity index (χ0) is 17.4. The lowest BCUT2D eigenvalue weighted by molar-refractivity contribution is -0.134. The van der Waals surface area contributed by atoms with Crippen LogP contribution in [0.1, 0.15) is 52.4 Å². The van der Waals surface area contributed by atoms with E-state index in [0.717, 1.165) is 38.4 Å². The Bertz CT molecular complexity index is 432. The lowest BCUT2D eigenvalue weighted by Gasteiger charge is -2.33. The number of guanidine groups is 1. The van der Waals surface area contributed by atoms with E-state index in [9.17, 15) is 4.79 Å². The van der Waals surface area contributed by atoms with Crippen LogP contribution in [0.25, 0.3) is 0 Å². The molecule has 2 rings (SSSR count). The van der Waals surface area contributed by atoms with E-state index in [1.807, 2.05) is 4.90 Å². The topological polar surface area (TPSA) is 60.0 Å². The van der Waals surface area contributed by atoms with E-state index in [0.29, 0.717) is 25.0 Å². The second kappa shape index (κ2) is 11.9. The van der Waals surface area contributed by atoms with Gasteiger partial charge in [0.05, 0.1) is 0 Å². The van der Waals surface area contributed by atoms with Crippen molar-refractivity contribution < 1.29 is 4.79 Å². The van der Waals surface area contributed by atoms with Gasteiger partial charge in [-0.05, 0) is 52.1 Å². The van der Waals surface area contributed by atoms with Crippen LogP contribution in [0.5, 0.6) is 0 Å². The van der Waals surface area contributed by atoms with E-state index in [1.165, 1.54) is 25.8 Å². The van der Waals surface area contributed by atoms with Crippen LogP contribution in [0.15, 0.2) is 4.99 Å². The molecule has 25 heavy (non-hydrogen) atoms. The van der Waals surface area contributed by atoms with Gasteiger partial charge in [-0.1, -0.05) is 6.92 Å². The van der Waals surface area contributed by atoms with E-state index >= 15 is 0 Å². The number of amides is 1. The molecule has 6 nitrogen and oxygen atoms in total. The second-order valence-corrected chi connectivity index (χ2v) is 6.99. The molecule has 2 unspecified atom stereocenters. The van der Waals surface area contributed by atoms with Crippen LogP contribution in [0, 0.1) is 0 Å². The third-order valence-corrected chi connectivity index (χ3v) is 5.39. The first-order valence-corrected chi connectivity index (χ1v) is 9.63. The highest BCUT2D eigenvalue weighted by atomic mass is 127. The van der Waals surface area contributed by atoms with Crippen LogP contribution in [0.2, 0.25) is 0 Å². The zero-order valence-electron chi connectivity index (χ0n) is 16.1. The summed E-state index contributed by atoms with van der Waals surface area (Å²) in [4.78, 5) is 21.2. The van der Waals surface area contributed by atoms with Gasteiger partial charge in [-0.25, -0.2) is 0 Å². The van der Waals surface area contributed by atoms with Gasteiger partial charge in [-0.15, -0.1) is 24.0 Å². The summed E-state index contributed by atoms with van der Waals surface area (Å²) in [7, 11) is 1.79. The summed E-state index contributed by atoms with van der Waals surface area (Å²) in [5.74, 6) is 1.07. The Morgan fingerprint density at radius 3 is 2.64 bits per heavy atom. The first-order chi connectivity index (χ1) is 11.7. The monoisotopic (exact) mass is 465 g/mol. The van der Waals surface area contributed by atoms with Gasteiger partial charge < -0.3 is 15.5 Å². The number of aliphatic imine (C=N–C) groups is 1. The molecule has 0 radical (unpaired) electrons. The first kappa shape index (κ1) is 22.5. The number of piperidine rings is 1. The molecule has 0 aromatic heterocycles. The molecule has 0 spiro atoms. The largest absolute Gasteiger partial charge is 0.356 e. The minimum absolute atomic E-state index is 0. The van der Waals surface area contributed by atoms with Gasteiger partial charge in [0.25, 0.3) is 0 Å². The molecule has 7 heteroatoms. The van der Waals surface area contributed by atoms with Gasteiger partial charge in [0.15, 0.2) is 5.96 Å². The third-order valence-electron chi connectivity index (χ3n) is 5.39. The van der Waals surface area contributed by atoms with E-state index in [2.05, 4.69) is 34.4 Å². The summed E-state index contributed by atoms with van der Waals surface area (Å²) in [6, 6.07) is 0.996. The number of nitrogens with zero attached hydrogens (tertiary/aromatic N) is 3. The van der Waals surface area contributed by atoms with Crippen LogP contribution < -0.4 is 10.6 Å². The van der Waals surface area contributed by atoms with Crippen LogP contribution in [0.3, 0.4) is 0 Å². The smallest absolute Gasteiger partial charge is 0.224 e. The van der Waals surface area contributed by atoms with Crippen LogP contribution in [-0.2, 0) is 4.79 Å². The molecule has 146 valence electrons. The minimum atomic E-state index is 0. The van der Waals surface area contributed by atoms with Crippen molar-refractivity contribution in [3.63, 3.8) is 0 Å². The number of carbonyl (C=O) groups is 1. The molecule has 2 atom stereocenters. The molecule has 2 saturated heterocycles. The van der Waals surface area contributed by atoms with Gasteiger partial charge in [-0.3, -0.25) is 14.7 Å². The summed E-state index contributed by atoms with van der Waals surface area (Å²) in [5.41, 5.74) is 0. The zero-order valence-corrected chi connectivity index (χ0v) is 18.4. The predicted octanol–water partition coefficient (Wildman–Crippen LogP) is 2.04. The van der Waals surface area contributed by atoms with E-state index in [-0.39, 0.29) is 29.9 Å². The molecule has 2 aliphatic rings. The van der Waals surface area contributed by atoms with E-state index in [4.69, 9.17) is 0 Å². The lowest BCUT2D eigenvalue weighted by Crippen LogP contribution is -2.46. The Hall–Kier alpha value is -0.570. The second-order valence-electron chi connectivity index (χ2n) is 6.99. The fourth-order valence-corrected chi connectivity index (χ4v) is 3.88. The van der Waals surface area contributed by atoms with Crippen molar-refractivity contribution in [1.82, 2.24) is 20.4 Å². The summed E-state index contributed by atoms with van der Waals surface area (Å²) in [6.07, 6.45) is 6.60.